The molecule has 94 valence electrons. The van der Waals surface area contributed by atoms with Crippen LogP contribution in [0.2, 0.25) is 0 Å². The van der Waals surface area contributed by atoms with Gasteiger partial charge in [-0.1, -0.05) is 12.1 Å². The first-order chi connectivity index (χ1) is 8.22. The van der Waals surface area contributed by atoms with Crippen LogP contribution in [0.5, 0.6) is 0 Å². The zero-order chi connectivity index (χ0) is 12.3. The van der Waals surface area contributed by atoms with Crippen molar-refractivity contribution in [3.63, 3.8) is 0 Å². The number of para-hydroxylation sites is 1. The lowest BCUT2D eigenvalue weighted by Crippen LogP contribution is -2.35. The summed E-state index contributed by atoms with van der Waals surface area (Å²) in [5.74, 6) is 0.710. The Morgan fingerprint density at radius 2 is 2.06 bits per heavy atom. The maximum atomic E-state index is 6.08. The van der Waals surface area contributed by atoms with E-state index >= 15 is 0 Å². The third-order valence-electron chi connectivity index (χ3n) is 3.60. The number of piperidine rings is 1. The third-order valence-corrected chi connectivity index (χ3v) is 3.60. The average molecular weight is 234 g/mol. The summed E-state index contributed by atoms with van der Waals surface area (Å²) < 4.78 is 5.23. The second-order valence-electron chi connectivity index (χ2n) is 4.90. The van der Waals surface area contributed by atoms with Crippen LogP contribution in [0.15, 0.2) is 18.2 Å². The quantitative estimate of drug-likeness (QED) is 0.816. The van der Waals surface area contributed by atoms with Gasteiger partial charge in [-0.15, -0.1) is 0 Å². The molecule has 0 spiro atoms. The second-order valence-corrected chi connectivity index (χ2v) is 4.90. The number of hydrogen-bond donors (Lipinski definition) is 1. The van der Waals surface area contributed by atoms with E-state index in [0.717, 1.165) is 25.4 Å². The molecule has 1 fully saturated rings. The summed E-state index contributed by atoms with van der Waals surface area (Å²) in [5.41, 5.74) is 9.48. The molecule has 1 saturated heterocycles. The van der Waals surface area contributed by atoms with Gasteiger partial charge in [0.25, 0.3) is 0 Å². The average Bonchev–Trinajstić information content (AvgIpc) is 2.31. The van der Waals surface area contributed by atoms with Gasteiger partial charge in [-0.25, -0.2) is 0 Å². The van der Waals surface area contributed by atoms with E-state index in [-0.39, 0.29) is 0 Å². The Morgan fingerprint density at radius 3 is 2.65 bits per heavy atom. The van der Waals surface area contributed by atoms with E-state index in [4.69, 9.17) is 10.5 Å². The normalized spacial score (nSPS) is 17.4. The molecule has 1 aliphatic rings. The van der Waals surface area contributed by atoms with Crippen molar-refractivity contribution in [1.82, 2.24) is 0 Å². The molecule has 1 aromatic rings. The SMILES string of the molecule is COCC1CCN(c2c(C)cccc2N)CC1. The Balaban J connectivity index is 2.05. The van der Waals surface area contributed by atoms with Crippen molar-refractivity contribution in [1.29, 1.82) is 0 Å². The zero-order valence-corrected chi connectivity index (χ0v) is 10.8. The van der Waals surface area contributed by atoms with Gasteiger partial charge in [0.05, 0.1) is 11.4 Å². The maximum Gasteiger partial charge on any atom is 0.0629 e. The molecule has 1 aromatic carbocycles. The van der Waals surface area contributed by atoms with Crippen LogP contribution in [0.25, 0.3) is 0 Å². The van der Waals surface area contributed by atoms with Crippen LogP contribution in [0.3, 0.4) is 0 Å². The van der Waals surface area contributed by atoms with Gasteiger partial charge in [0.1, 0.15) is 0 Å². The first-order valence-electron chi connectivity index (χ1n) is 6.31. The van der Waals surface area contributed by atoms with Crippen LogP contribution in [-0.2, 0) is 4.74 Å². The summed E-state index contributed by atoms with van der Waals surface area (Å²) in [4.78, 5) is 2.41. The lowest BCUT2D eigenvalue weighted by atomic mass is 9.96. The standard InChI is InChI=1S/C14H22N2O/c1-11-4-3-5-13(15)14(11)16-8-6-12(7-9-16)10-17-2/h3-5,12H,6-10,15H2,1-2H3. The number of hydrogen-bond acceptors (Lipinski definition) is 3. The topological polar surface area (TPSA) is 38.5 Å². The third kappa shape index (κ3) is 2.72. The van der Waals surface area contributed by atoms with Crippen molar-refractivity contribution in [2.75, 3.05) is 37.4 Å². The number of benzene rings is 1. The summed E-state index contributed by atoms with van der Waals surface area (Å²) in [6.45, 7) is 5.19. The Labute approximate surface area is 104 Å². The van der Waals surface area contributed by atoms with E-state index in [9.17, 15) is 0 Å². The van der Waals surface area contributed by atoms with Gasteiger partial charge in [-0.3, -0.25) is 0 Å². The lowest BCUT2D eigenvalue weighted by molar-refractivity contribution is 0.139. The van der Waals surface area contributed by atoms with Crippen molar-refractivity contribution < 1.29 is 4.74 Å². The van der Waals surface area contributed by atoms with Gasteiger partial charge < -0.3 is 15.4 Å². The molecule has 0 aliphatic carbocycles. The molecule has 0 atom stereocenters. The Kier molecular flexibility index (Phi) is 3.89. The summed E-state index contributed by atoms with van der Waals surface area (Å²) in [7, 11) is 1.78. The minimum atomic E-state index is 0.710. The fourth-order valence-electron chi connectivity index (χ4n) is 2.67. The molecule has 0 bridgehead atoms. The smallest absolute Gasteiger partial charge is 0.0629 e. The van der Waals surface area contributed by atoms with Crippen LogP contribution >= 0.6 is 0 Å². The summed E-state index contributed by atoms with van der Waals surface area (Å²) in [6, 6.07) is 6.14. The van der Waals surface area contributed by atoms with Crippen molar-refractivity contribution in [2.45, 2.75) is 19.8 Å². The highest BCUT2D eigenvalue weighted by Gasteiger charge is 2.21. The summed E-state index contributed by atoms with van der Waals surface area (Å²) in [5, 5.41) is 0. The Morgan fingerprint density at radius 1 is 1.35 bits per heavy atom. The second kappa shape index (κ2) is 5.41. The maximum absolute atomic E-state index is 6.08. The van der Waals surface area contributed by atoms with Crippen molar-refractivity contribution >= 4 is 11.4 Å². The van der Waals surface area contributed by atoms with Gasteiger partial charge in [-0.2, -0.15) is 0 Å². The predicted octanol–water partition coefficient (Wildman–Crippen LogP) is 2.44. The zero-order valence-electron chi connectivity index (χ0n) is 10.8. The number of anilines is 2. The molecule has 17 heavy (non-hydrogen) atoms. The molecule has 0 amide bonds. The number of nitrogens with zero attached hydrogens (tertiary/aromatic N) is 1. The summed E-state index contributed by atoms with van der Waals surface area (Å²) >= 11 is 0. The van der Waals surface area contributed by atoms with E-state index in [0.29, 0.717) is 5.92 Å². The van der Waals surface area contributed by atoms with Gasteiger partial charge in [-0.05, 0) is 37.3 Å². The predicted molar refractivity (Wildman–Crippen MR) is 72.4 cm³/mol. The highest BCUT2D eigenvalue weighted by Crippen LogP contribution is 2.30. The number of rotatable bonds is 3. The van der Waals surface area contributed by atoms with Crippen LogP contribution < -0.4 is 10.6 Å². The molecule has 3 nitrogen and oxygen atoms in total. The highest BCUT2D eigenvalue weighted by atomic mass is 16.5. The van der Waals surface area contributed by atoms with E-state index in [1.807, 2.05) is 12.1 Å². The first kappa shape index (κ1) is 12.2. The van der Waals surface area contributed by atoms with Crippen LogP contribution in [0, 0.1) is 12.8 Å². The van der Waals surface area contributed by atoms with E-state index < -0.39 is 0 Å². The number of aryl methyl sites for hydroxylation is 1. The van der Waals surface area contributed by atoms with E-state index in [2.05, 4.69) is 17.9 Å². The van der Waals surface area contributed by atoms with Gasteiger partial charge in [0.2, 0.25) is 0 Å². The lowest BCUT2D eigenvalue weighted by Gasteiger charge is -2.35. The molecular weight excluding hydrogens is 212 g/mol. The minimum Gasteiger partial charge on any atom is -0.397 e. The van der Waals surface area contributed by atoms with E-state index in [1.165, 1.54) is 24.1 Å². The van der Waals surface area contributed by atoms with Crippen molar-refractivity contribution in [2.24, 2.45) is 5.92 Å². The Bertz CT molecular complexity index is 350. The van der Waals surface area contributed by atoms with Crippen molar-refractivity contribution in [3.05, 3.63) is 23.8 Å². The van der Waals surface area contributed by atoms with Crippen LogP contribution in [-0.4, -0.2) is 26.8 Å². The first-order valence-corrected chi connectivity index (χ1v) is 6.31. The molecule has 0 aromatic heterocycles. The van der Waals surface area contributed by atoms with Gasteiger partial charge in [0, 0.05) is 26.8 Å². The molecular formula is C14H22N2O. The fraction of sp³-hybridized carbons (Fsp3) is 0.571. The molecule has 2 N–H and O–H groups in total. The van der Waals surface area contributed by atoms with Crippen LogP contribution in [0.1, 0.15) is 18.4 Å². The minimum absolute atomic E-state index is 0.710. The number of ether oxygens (including phenoxy) is 1. The molecule has 3 heteroatoms. The number of methoxy groups -OCH3 is 1. The highest BCUT2D eigenvalue weighted by molar-refractivity contribution is 5.71. The van der Waals surface area contributed by atoms with E-state index in [1.54, 1.807) is 7.11 Å². The van der Waals surface area contributed by atoms with Crippen molar-refractivity contribution in [3.8, 4) is 0 Å². The van der Waals surface area contributed by atoms with Gasteiger partial charge >= 0.3 is 0 Å². The number of nitrogen functional groups attached to an aromatic ring is 1. The molecule has 0 saturated carbocycles. The number of nitrogens with two attached hydrogens (primary N) is 1. The Hall–Kier alpha value is -1.22. The molecule has 0 radical (unpaired) electrons. The summed E-state index contributed by atoms with van der Waals surface area (Å²) in [6.07, 6.45) is 2.39. The monoisotopic (exact) mass is 234 g/mol. The fourth-order valence-corrected chi connectivity index (χ4v) is 2.67. The molecule has 1 aliphatic heterocycles. The van der Waals surface area contributed by atoms with Gasteiger partial charge in [0.15, 0.2) is 0 Å². The largest absolute Gasteiger partial charge is 0.397 e. The molecule has 2 rings (SSSR count). The molecule has 0 unspecified atom stereocenters. The van der Waals surface area contributed by atoms with Crippen LogP contribution in [0.4, 0.5) is 11.4 Å². The molecule has 1 heterocycles.